The zero-order chi connectivity index (χ0) is 12.7. The van der Waals surface area contributed by atoms with Crippen molar-refractivity contribution in [2.24, 2.45) is 5.92 Å². The number of benzene rings is 1. The van der Waals surface area contributed by atoms with Crippen LogP contribution in [-0.4, -0.2) is 9.55 Å². The van der Waals surface area contributed by atoms with E-state index in [2.05, 4.69) is 32.4 Å². The van der Waals surface area contributed by atoms with Gasteiger partial charge in [-0.25, -0.2) is 9.37 Å². The van der Waals surface area contributed by atoms with Gasteiger partial charge in [-0.05, 0) is 46.8 Å². The first-order valence-electron chi connectivity index (χ1n) is 6.16. The molecule has 0 aliphatic carbocycles. The Morgan fingerprint density at radius 2 is 2.17 bits per heavy atom. The summed E-state index contributed by atoms with van der Waals surface area (Å²) in [6.45, 7) is 3.14. The van der Waals surface area contributed by atoms with Gasteiger partial charge < -0.3 is 4.57 Å². The highest BCUT2D eigenvalue weighted by Gasteiger charge is 2.23. The Morgan fingerprint density at radius 3 is 2.94 bits per heavy atom. The Morgan fingerprint density at radius 1 is 1.39 bits per heavy atom. The van der Waals surface area contributed by atoms with Gasteiger partial charge in [0.15, 0.2) is 0 Å². The second-order valence-electron chi connectivity index (χ2n) is 4.91. The molecule has 1 aliphatic heterocycles. The molecular formula is C14H14BrFN2. The standard InChI is InChI=1S/C14H14BrFN2/c1-9-6-7-12-13(15)17-14(18(12)8-9)10-4-2-3-5-11(10)16/h2-5,9H,6-8H2,1H3. The Labute approximate surface area is 114 Å². The van der Waals surface area contributed by atoms with E-state index in [1.807, 2.05) is 6.07 Å². The molecule has 94 valence electrons. The van der Waals surface area contributed by atoms with Crippen LogP contribution in [0.4, 0.5) is 4.39 Å². The minimum Gasteiger partial charge on any atom is -0.327 e. The van der Waals surface area contributed by atoms with Gasteiger partial charge in [-0.15, -0.1) is 0 Å². The van der Waals surface area contributed by atoms with E-state index < -0.39 is 0 Å². The SMILES string of the molecule is CC1CCc2c(Br)nc(-c3ccccc3F)n2C1. The zero-order valence-electron chi connectivity index (χ0n) is 10.2. The van der Waals surface area contributed by atoms with Crippen molar-refractivity contribution in [3.05, 3.63) is 40.4 Å². The second kappa shape index (κ2) is 4.50. The summed E-state index contributed by atoms with van der Waals surface area (Å²) in [4.78, 5) is 4.50. The fourth-order valence-corrected chi connectivity index (χ4v) is 3.11. The second-order valence-corrected chi connectivity index (χ2v) is 5.66. The molecule has 0 saturated carbocycles. The van der Waals surface area contributed by atoms with E-state index in [9.17, 15) is 4.39 Å². The first-order valence-corrected chi connectivity index (χ1v) is 6.96. The lowest BCUT2D eigenvalue weighted by Gasteiger charge is -2.22. The number of imidazole rings is 1. The van der Waals surface area contributed by atoms with Crippen LogP contribution in [0.15, 0.2) is 28.9 Å². The quantitative estimate of drug-likeness (QED) is 0.777. The molecular weight excluding hydrogens is 295 g/mol. The molecule has 0 bridgehead atoms. The van der Waals surface area contributed by atoms with Crippen LogP contribution >= 0.6 is 15.9 Å². The summed E-state index contributed by atoms with van der Waals surface area (Å²) in [5, 5.41) is 0. The maximum absolute atomic E-state index is 13.9. The monoisotopic (exact) mass is 308 g/mol. The van der Waals surface area contributed by atoms with Gasteiger partial charge in [-0.2, -0.15) is 0 Å². The van der Waals surface area contributed by atoms with Crippen LogP contribution < -0.4 is 0 Å². The van der Waals surface area contributed by atoms with Crippen molar-refractivity contribution >= 4 is 15.9 Å². The summed E-state index contributed by atoms with van der Waals surface area (Å²) >= 11 is 3.49. The molecule has 1 aromatic carbocycles. The number of rotatable bonds is 1. The number of hydrogen-bond acceptors (Lipinski definition) is 1. The zero-order valence-corrected chi connectivity index (χ0v) is 11.7. The summed E-state index contributed by atoms with van der Waals surface area (Å²) < 4.78 is 16.9. The largest absolute Gasteiger partial charge is 0.327 e. The van der Waals surface area contributed by atoms with Crippen molar-refractivity contribution in [1.29, 1.82) is 0 Å². The Balaban J connectivity index is 2.17. The van der Waals surface area contributed by atoms with Gasteiger partial charge in [-0.1, -0.05) is 19.1 Å². The van der Waals surface area contributed by atoms with Gasteiger partial charge in [0.25, 0.3) is 0 Å². The lowest BCUT2D eigenvalue weighted by atomic mass is 10.00. The average molecular weight is 309 g/mol. The molecule has 1 aliphatic rings. The predicted molar refractivity (Wildman–Crippen MR) is 72.8 cm³/mol. The van der Waals surface area contributed by atoms with Crippen molar-refractivity contribution in [3.8, 4) is 11.4 Å². The number of nitrogens with zero attached hydrogens (tertiary/aromatic N) is 2. The fourth-order valence-electron chi connectivity index (χ4n) is 2.53. The van der Waals surface area contributed by atoms with E-state index >= 15 is 0 Å². The molecule has 0 saturated heterocycles. The fraction of sp³-hybridized carbons (Fsp3) is 0.357. The van der Waals surface area contributed by atoms with Gasteiger partial charge in [0.1, 0.15) is 16.2 Å². The van der Waals surface area contributed by atoms with Crippen molar-refractivity contribution in [1.82, 2.24) is 9.55 Å². The summed E-state index contributed by atoms with van der Waals surface area (Å²) in [5.41, 5.74) is 1.77. The first-order chi connectivity index (χ1) is 8.66. The molecule has 2 aromatic rings. The van der Waals surface area contributed by atoms with Crippen molar-refractivity contribution in [2.45, 2.75) is 26.3 Å². The minimum absolute atomic E-state index is 0.212. The van der Waals surface area contributed by atoms with Crippen molar-refractivity contribution < 1.29 is 4.39 Å². The van der Waals surface area contributed by atoms with Crippen molar-refractivity contribution in [2.75, 3.05) is 0 Å². The molecule has 0 fully saturated rings. The van der Waals surface area contributed by atoms with E-state index in [0.717, 1.165) is 23.4 Å². The molecule has 1 aromatic heterocycles. The van der Waals surface area contributed by atoms with E-state index in [-0.39, 0.29) is 5.82 Å². The van der Waals surface area contributed by atoms with Crippen LogP contribution in [-0.2, 0) is 13.0 Å². The third-order valence-corrected chi connectivity index (χ3v) is 4.14. The number of halogens is 2. The number of fused-ring (bicyclic) bond motifs is 1. The molecule has 2 nitrogen and oxygen atoms in total. The Bertz CT molecular complexity index is 591. The first kappa shape index (κ1) is 11.9. The third kappa shape index (κ3) is 1.88. The third-order valence-electron chi connectivity index (χ3n) is 3.51. The highest BCUT2D eigenvalue weighted by molar-refractivity contribution is 9.10. The van der Waals surface area contributed by atoms with Crippen LogP contribution in [0.25, 0.3) is 11.4 Å². The van der Waals surface area contributed by atoms with Gasteiger partial charge in [0.05, 0.1) is 11.3 Å². The van der Waals surface area contributed by atoms with Crippen molar-refractivity contribution in [3.63, 3.8) is 0 Å². The predicted octanol–water partition coefficient (Wildman–Crippen LogP) is 4.03. The summed E-state index contributed by atoms with van der Waals surface area (Å²) in [6, 6.07) is 6.82. The molecule has 2 heterocycles. The van der Waals surface area contributed by atoms with Gasteiger partial charge >= 0.3 is 0 Å². The Hall–Kier alpha value is -1.16. The highest BCUT2D eigenvalue weighted by atomic mass is 79.9. The molecule has 0 spiro atoms. The summed E-state index contributed by atoms with van der Waals surface area (Å²) in [6.07, 6.45) is 2.17. The maximum Gasteiger partial charge on any atom is 0.144 e. The highest BCUT2D eigenvalue weighted by Crippen LogP contribution is 2.32. The van der Waals surface area contributed by atoms with Gasteiger partial charge in [0.2, 0.25) is 0 Å². The van der Waals surface area contributed by atoms with Crippen LogP contribution in [0.3, 0.4) is 0 Å². The molecule has 0 N–H and O–H groups in total. The molecule has 1 unspecified atom stereocenters. The number of aromatic nitrogens is 2. The van der Waals surface area contributed by atoms with Gasteiger partial charge in [0, 0.05) is 6.54 Å². The van der Waals surface area contributed by atoms with Crippen LogP contribution in [0.2, 0.25) is 0 Å². The van der Waals surface area contributed by atoms with Crippen LogP contribution in [0.5, 0.6) is 0 Å². The number of hydrogen-bond donors (Lipinski definition) is 0. The minimum atomic E-state index is -0.212. The van der Waals surface area contributed by atoms with E-state index in [4.69, 9.17) is 0 Å². The van der Waals surface area contributed by atoms with Crippen LogP contribution in [0.1, 0.15) is 19.0 Å². The topological polar surface area (TPSA) is 17.8 Å². The summed E-state index contributed by atoms with van der Waals surface area (Å²) in [5.74, 6) is 1.14. The normalized spacial score (nSPS) is 18.7. The van der Waals surface area contributed by atoms with E-state index in [0.29, 0.717) is 11.5 Å². The average Bonchev–Trinajstić information content (AvgIpc) is 2.67. The van der Waals surface area contributed by atoms with Gasteiger partial charge in [-0.3, -0.25) is 0 Å². The molecule has 3 rings (SSSR count). The molecule has 1 atom stereocenters. The molecule has 18 heavy (non-hydrogen) atoms. The lowest BCUT2D eigenvalue weighted by molar-refractivity contribution is 0.401. The van der Waals surface area contributed by atoms with E-state index in [1.54, 1.807) is 12.1 Å². The van der Waals surface area contributed by atoms with E-state index in [1.165, 1.54) is 18.2 Å². The molecule has 0 radical (unpaired) electrons. The smallest absolute Gasteiger partial charge is 0.144 e. The van der Waals surface area contributed by atoms with Crippen LogP contribution in [0, 0.1) is 11.7 Å². The molecule has 0 amide bonds. The maximum atomic E-state index is 13.9. The molecule has 4 heteroatoms. The summed E-state index contributed by atoms with van der Waals surface area (Å²) in [7, 11) is 0. The lowest BCUT2D eigenvalue weighted by Crippen LogP contribution is -2.18. The Kier molecular flexibility index (Phi) is 2.98.